The van der Waals surface area contributed by atoms with Crippen molar-refractivity contribution in [2.75, 3.05) is 6.54 Å². The summed E-state index contributed by atoms with van der Waals surface area (Å²) >= 11 is 5.98. The molecule has 0 radical (unpaired) electrons. The van der Waals surface area contributed by atoms with E-state index in [9.17, 15) is 14.9 Å². The predicted octanol–water partition coefficient (Wildman–Crippen LogP) is 3.47. The van der Waals surface area contributed by atoms with Crippen LogP contribution in [0.15, 0.2) is 60.9 Å². The Hall–Kier alpha value is -3.19. The van der Waals surface area contributed by atoms with Crippen molar-refractivity contribution in [3.05, 3.63) is 93.0 Å². The molecule has 2 aromatic carbocycles. The third-order valence-electron chi connectivity index (χ3n) is 4.04. The largest absolute Gasteiger partial charge is 0.352 e. The van der Waals surface area contributed by atoms with Gasteiger partial charge in [-0.25, -0.2) is 4.98 Å². The summed E-state index contributed by atoms with van der Waals surface area (Å²) < 4.78 is 2.03. The molecule has 0 fully saturated rings. The summed E-state index contributed by atoms with van der Waals surface area (Å²) in [6.45, 7) is 1.08. The quantitative estimate of drug-likeness (QED) is 0.499. The zero-order valence-electron chi connectivity index (χ0n) is 14.3. The average molecular weight is 385 g/mol. The molecule has 0 saturated heterocycles. The number of halogens is 1. The third kappa shape index (κ3) is 4.71. The van der Waals surface area contributed by atoms with Crippen LogP contribution < -0.4 is 5.32 Å². The molecule has 138 valence electrons. The SMILES string of the molecule is O=C(NCCc1nccn1Cc1ccccc1)c1ccc([N+](=O)[O-])cc1Cl. The van der Waals surface area contributed by atoms with Crippen LogP contribution in [-0.2, 0) is 13.0 Å². The Morgan fingerprint density at radius 2 is 2.00 bits per heavy atom. The highest BCUT2D eigenvalue weighted by molar-refractivity contribution is 6.34. The fourth-order valence-corrected chi connectivity index (χ4v) is 2.94. The summed E-state index contributed by atoms with van der Waals surface area (Å²) in [7, 11) is 0. The van der Waals surface area contributed by atoms with Gasteiger partial charge in [0.1, 0.15) is 5.82 Å². The van der Waals surface area contributed by atoms with Gasteiger partial charge in [0.2, 0.25) is 0 Å². The fourth-order valence-electron chi connectivity index (χ4n) is 2.68. The van der Waals surface area contributed by atoms with E-state index >= 15 is 0 Å². The summed E-state index contributed by atoms with van der Waals surface area (Å²) in [6.07, 6.45) is 4.18. The van der Waals surface area contributed by atoms with Crippen LogP contribution in [0.3, 0.4) is 0 Å². The van der Waals surface area contributed by atoms with Crippen LogP contribution in [0, 0.1) is 10.1 Å². The first-order valence-electron chi connectivity index (χ1n) is 8.30. The number of rotatable bonds is 7. The Morgan fingerprint density at radius 3 is 2.70 bits per heavy atom. The number of non-ortho nitro benzene ring substituents is 1. The number of hydrogen-bond donors (Lipinski definition) is 1. The summed E-state index contributed by atoms with van der Waals surface area (Å²) in [6, 6.07) is 13.8. The second-order valence-electron chi connectivity index (χ2n) is 5.88. The summed E-state index contributed by atoms with van der Waals surface area (Å²) in [5.41, 5.74) is 1.22. The molecule has 0 saturated carbocycles. The Balaban J connectivity index is 1.58. The molecule has 3 aromatic rings. The number of nitrogens with zero attached hydrogens (tertiary/aromatic N) is 3. The van der Waals surface area contributed by atoms with Gasteiger partial charge in [-0.1, -0.05) is 41.9 Å². The van der Waals surface area contributed by atoms with Gasteiger partial charge in [0.25, 0.3) is 11.6 Å². The van der Waals surface area contributed by atoms with Crippen LogP contribution in [0.25, 0.3) is 0 Å². The first-order chi connectivity index (χ1) is 13.0. The van der Waals surface area contributed by atoms with Crippen LogP contribution >= 0.6 is 11.6 Å². The number of carbonyl (C=O) groups is 1. The molecule has 0 aliphatic carbocycles. The Labute approximate surface area is 160 Å². The van der Waals surface area contributed by atoms with Gasteiger partial charge in [-0.3, -0.25) is 14.9 Å². The Bertz CT molecular complexity index is 957. The van der Waals surface area contributed by atoms with Crippen LogP contribution in [0.4, 0.5) is 5.69 Å². The normalized spacial score (nSPS) is 10.6. The minimum absolute atomic E-state index is 0.0484. The molecule has 0 spiro atoms. The standard InChI is InChI=1S/C19H17ClN4O3/c20-17-12-15(24(26)27)6-7-16(17)19(25)22-9-8-18-21-10-11-23(18)13-14-4-2-1-3-5-14/h1-7,10-12H,8-9,13H2,(H,22,25). The maximum absolute atomic E-state index is 12.3. The first-order valence-corrected chi connectivity index (χ1v) is 8.68. The number of nitrogens with one attached hydrogen (secondary N) is 1. The number of hydrogen-bond acceptors (Lipinski definition) is 4. The van der Waals surface area contributed by atoms with E-state index in [1.807, 2.05) is 41.1 Å². The molecular weight excluding hydrogens is 368 g/mol. The van der Waals surface area contributed by atoms with Crippen molar-refractivity contribution < 1.29 is 9.72 Å². The lowest BCUT2D eigenvalue weighted by Gasteiger charge is -2.09. The van der Waals surface area contributed by atoms with Gasteiger partial charge in [-0.15, -0.1) is 0 Å². The molecule has 0 aliphatic heterocycles. The van der Waals surface area contributed by atoms with E-state index in [4.69, 9.17) is 11.6 Å². The van der Waals surface area contributed by atoms with Gasteiger partial charge in [0.05, 0.1) is 15.5 Å². The van der Waals surface area contributed by atoms with E-state index < -0.39 is 4.92 Å². The van der Waals surface area contributed by atoms with Crippen molar-refractivity contribution in [2.45, 2.75) is 13.0 Å². The molecule has 0 unspecified atom stereocenters. The summed E-state index contributed by atoms with van der Waals surface area (Å²) in [5.74, 6) is 0.477. The van der Waals surface area contributed by atoms with Crippen molar-refractivity contribution >= 4 is 23.2 Å². The maximum Gasteiger partial charge on any atom is 0.270 e. The van der Waals surface area contributed by atoms with Gasteiger partial charge in [-0.05, 0) is 11.6 Å². The van der Waals surface area contributed by atoms with Crippen LogP contribution in [-0.4, -0.2) is 26.9 Å². The van der Waals surface area contributed by atoms with Crippen molar-refractivity contribution in [1.82, 2.24) is 14.9 Å². The summed E-state index contributed by atoms with van der Waals surface area (Å²) in [5, 5.41) is 13.6. The number of nitro benzene ring substituents is 1. The minimum Gasteiger partial charge on any atom is -0.352 e. The molecule has 1 aromatic heterocycles. The topological polar surface area (TPSA) is 90.1 Å². The number of carbonyl (C=O) groups excluding carboxylic acids is 1. The number of amides is 1. The molecule has 0 atom stereocenters. The number of imidazole rings is 1. The monoisotopic (exact) mass is 384 g/mol. The molecule has 27 heavy (non-hydrogen) atoms. The molecule has 1 heterocycles. The van der Waals surface area contributed by atoms with E-state index in [0.717, 1.165) is 5.82 Å². The van der Waals surface area contributed by atoms with E-state index in [-0.39, 0.29) is 22.2 Å². The van der Waals surface area contributed by atoms with Crippen molar-refractivity contribution in [2.24, 2.45) is 0 Å². The maximum atomic E-state index is 12.3. The van der Waals surface area contributed by atoms with Crippen LogP contribution in [0.5, 0.6) is 0 Å². The average Bonchev–Trinajstić information content (AvgIpc) is 3.09. The Morgan fingerprint density at radius 1 is 1.22 bits per heavy atom. The lowest BCUT2D eigenvalue weighted by atomic mass is 10.2. The molecule has 8 heteroatoms. The zero-order valence-corrected chi connectivity index (χ0v) is 15.1. The van der Waals surface area contributed by atoms with Crippen molar-refractivity contribution in [3.63, 3.8) is 0 Å². The number of aromatic nitrogens is 2. The first kappa shape index (κ1) is 18.6. The summed E-state index contributed by atoms with van der Waals surface area (Å²) in [4.78, 5) is 26.8. The highest BCUT2D eigenvalue weighted by atomic mass is 35.5. The number of benzene rings is 2. The molecule has 1 N–H and O–H groups in total. The highest BCUT2D eigenvalue weighted by Gasteiger charge is 2.15. The molecule has 0 bridgehead atoms. The third-order valence-corrected chi connectivity index (χ3v) is 4.35. The van der Waals surface area contributed by atoms with Crippen LogP contribution in [0.2, 0.25) is 5.02 Å². The lowest BCUT2D eigenvalue weighted by molar-refractivity contribution is -0.384. The lowest BCUT2D eigenvalue weighted by Crippen LogP contribution is -2.26. The molecule has 3 rings (SSSR count). The van der Waals surface area contributed by atoms with E-state index in [1.165, 1.54) is 23.8 Å². The van der Waals surface area contributed by atoms with Gasteiger partial charge in [-0.2, -0.15) is 0 Å². The number of nitro groups is 1. The van der Waals surface area contributed by atoms with Gasteiger partial charge < -0.3 is 9.88 Å². The fraction of sp³-hybridized carbons (Fsp3) is 0.158. The van der Waals surface area contributed by atoms with Gasteiger partial charge in [0, 0.05) is 44.0 Å². The van der Waals surface area contributed by atoms with E-state index in [2.05, 4.69) is 10.3 Å². The second-order valence-corrected chi connectivity index (χ2v) is 6.29. The predicted molar refractivity (Wildman–Crippen MR) is 102 cm³/mol. The Kier molecular flexibility index (Phi) is 5.83. The molecule has 7 nitrogen and oxygen atoms in total. The molecular formula is C19H17ClN4O3. The molecule has 0 aliphatic rings. The van der Waals surface area contributed by atoms with Crippen molar-refractivity contribution in [3.8, 4) is 0 Å². The van der Waals surface area contributed by atoms with Gasteiger partial charge in [0.15, 0.2) is 0 Å². The smallest absolute Gasteiger partial charge is 0.270 e. The zero-order chi connectivity index (χ0) is 19.2. The highest BCUT2D eigenvalue weighted by Crippen LogP contribution is 2.22. The molecule has 1 amide bonds. The van der Waals surface area contributed by atoms with E-state index in [0.29, 0.717) is 19.5 Å². The minimum atomic E-state index is -0.555. The van der Waals surface area contributed by atoms with Crippen LogP contribution in [0.1, 0.15) is 21.7 Å². The van der Waals surface area contributed by atoms with E-state index in [1.54, 1.807) is 6.20 Å². The van der Waals surface area contributed by atoms with Gasteiger partial charge >= 0.3 is 0 Å². The second kappa shape index (κ2) is 8.46. The van der Waals surface area contributed by atoms with Crippen molar-refractivity contribution in [1.29, 1.82) is 0 Å².